The van der Waals surface area contributed by atoms with Crippen molar-refractivity contribution in [1.29, 1.82) is 0 Å². The van der Waals surface area contributed by atoms with Gasteiger partial charge in [-0.05, 0) is 49.1 Å². The predicted octanol–water partition coefficient (Wildman–Crippen LogP) is 4.80. The van der Waals surface area contributed by atoms with Crippen LogP contribution in [0.25, 0.3) is 0 Å². The van der Waals surface area contributed by atoms with Crippen LogP contribution in [0.2, 0.25) is 5.02 Å². The number of rotatable bonds is 5. The highest BCUT2D eigenvalue weighted by molar-refractivity contribution is 6.31. The van der Waals surface area contributed by atoms with Crippen molar-refractivity contribution in [3.63, 3.8) is 0 Å². The molecule has 4 heteroatoms. The summed E-state index contributed by atoms with van der Waals surface area (Å²) < 4.78 is 5.84. The minimum atomic E-state index is -0.937. The number of halogens is 1. The lowest BCUT2D eigenvalue weighted by atomic mass is 10.00. The van der Waals surface area contributed by atoms with Gasteiger partial charge in [0.05, 0.1) is 5.56 Å². The first-order chi connectivity index (χ1) is 10.4. The minimum absolute atomic E-state index is 0.214. The van der Waals surface area contributed by atoms with E-state index in [1.807, 2.05) is 32.9 Å². The number of carbonyl (C=O) groups is 1. The smallest absolute Gasteiger partial charge is 0.336 e. The third kappa shape index (κ3) is 3.42. The Balaban J connectivity index is 2.32. The summed E-state index contributed by atoms with van der Waals surface area (Å²) in [5.41, 5.74) is 3.96. The number of carboxylic acids is 1. The number of aromatic carboxylic acids is 1. The monoisotopic (exact) mass is 318 g/mol. The lowest BCUT2D eigenvalue weighted by molar-refractivity contribution is 0.0693. The molecule has 116 valence electrons. The van der Waals surface area contributed by atoms with Gasteiger partial charge in [0.15, 0.2) is 0 Å². The van der Waals surface area contributed by atoms with Crippen molar-refractivity contribution in [3.05, 3.63) is 63.2 Å². The molecule has 22 heavy (non-hydrogen) atoms. The molecule has 0 spiro atoms. The van der Waals surface area contributed by atoms with Crippen LogP contribution in [0.4, 0.5) is 0 Å². The maximum absolute atomic E-state index is 11.4. The van der Waals surface area contributed by atoms with Crippen LogP contribution in [0.3, 0.4) is 0 Å². The van der Waals surface area contributed by atoms with Crippen LogP contribution in [0.15, 0.2) is 30.3 Å². The third-order valence-electron chi connectivity index (χ3n) is 3.71. The van der Waals surface area contributed by atoms with Crippen molar-refractivity contribution in [2.75, 3.05) is 0 Å². The molecule has 2 aromatic carbocycles. The van der Waals surface area contributed by atoms with Crippen LogP contribution >= 0.6 is 11.6 Å². The van der Waals surface area contributed by atoms with Gasteiger partial charge in [-0.25, -0.2) is 4.79 Å². The van der Waals surface area contributed by atoms with Gasteiger partial charge in [-0.15, -0.1) is 0 Å². The number of carboxylic acid groups (broad SMARTS) is 1. The van der Waals surface area contributed by atoms with Gasteiger partial charge in [0, 0.05) is 10.6 Å². The van der Waals surface area contributed by atoms with Crippen molar-refractivity contribution in [3.8, 4) is 5.75 Å². The Morgan fingerprint density at radius 1 is 1.23 bits per heavy atom. The fourth-order valence-electron chi connectivity index (χ4n) is 2.45. The molecule has 0 aliphatic carbocycles. The minimum Gasteiger partial charge on any atom is -0.489 e. The van der Waals surface area contributed by atoms with E-state index in [0.29, 0.717) is 16.3 Å². The molecule has 1 N–H and O–H groups in total. The van der Waals surface area contributed by atoms with Gasteiger partial charge in [-0.2, -0.15) is 0 Å². The van der Waals surface area contributed by atoms with Crippen molar-refractivity contribution in [1.82, 2.24) is 0 Å². The quantitative estimate of drug-likeness (QED) is 0.861. The summed E-state index contributed by atoms with van der Waals surface area (Å²) in [5.74, 6) is -0.259. The third-order valence-corrected chi connectivity index (χ3v) is 4.12. The van der Waals surface area contributed by atoms with Gasteiger partial charge < -0.3 is 9.84 Å². The molecule has 0 atom stereocenters. The second-order valence-electron chi connectivity index (χ2n) is 5.26. The van der Waals surface area contributed by atoms with Gasteiger partial charge in [0.2, 0.25) is 0 Å². The first-order valence-electron chi connectivity index (χ1n) is 7.17. The van der Waals surface area contributed by atoms with E-state index >= 15 is 0 Å². The average Bonchev–Trinajstić information content (AvgIpc) is 2.49. The number of hydrogen-bond acceptors (Lipinski definition) is 2. The second kappa shape index (κ2) is 6.84. The molecular weight excluding hydrogens is 300 g/mol. The molecule has 3 nitrogen and oxygen atoms in total. The largest absolute Gasteiger partial charge is 0.489 e. The van der Waals surface area contributed by atoms with Crippen LogP contribution in [-0.4, -0.2) is 11.1 Å². The molecule has 0 aliphatic heterocycles. The lowest BCUT2D eigenvalue weighted by Crippen LogP contribution is -2.09. The Labute approximate surface area is 135 Å². The van der Waals surface area contributed by atoms with Crippen molar-refractivity contribution in [2.24, 2.45) is 0 Å². The van der Waals surface area contributed by atoms with E-state index in [2.05, 4.69) is 0 Å². The second-order valence-corrected chi connectivity index (χ2v) is 5.66. The summed E-state index contributed by atoms with van der Waals surface area (Å²) in [4.78, 5) is 11.4. The van der Waals surface area contributed by atoms with E-state index < -0.39 is 5.97 Å². The fourth-order valence-corrected chi connectivity index (χ4v) is 2.60. The molecule has 0 saturated carbocycles. The molecule has 0 bridgehead atoms. The summed E-state index contributed by atoms with van der Waals surface area (Å²) in [6.07, 6.45) is 0.757. The topological polar surface area (TPSA) is 46.5 Å². The summed E-state index contributed by atoms with van der Waals surface area (Å²) >= 11 is 6.13. The Morgan fingerprint density at radius 2 is 1.95 bits per heavy atom. The standard InChI is InChI=1S/C18H19ClO3/c1-4-13-6-5-7-14(18(20)21)15(13)10-22-17-9-16(19)11(2)8-12(17)3/h5-9H,4,10H2,1-3H3,(H,20,21). The summed E-state index contributed by atoms with van der Waals surface area (Å²) in [7, 11) is 0. The van der Waals surface area contributed by atoms with E-state index in [9.17, 15) is 9.90 Å². The number of hydrogen-bond donors (Lipinski definition) is 1. The van der Waals surface area contributed by atoms with E-state index in [4.69, 9.17) is 16.3 Å². The SMILES string of the molecule is CCc1cccc(C(=O)O)c1COc1cc(Cl)c(C)cc1C. The molecule has 0 radical (unpaired) electrons. The van der Waals surface area contributed by atoms with Crippen LogP contribution in [-0.2, 0) is 13.0 Å². The van der Waals surface area contributed by atoms with Gasteiger partial charge in [0.1, 0.15) is 12.4 Å². The van der Waals surface area contributed by atoms with E-state index in [-0.39, 0.29) is 12.2 Å². The maximum atomic E-state index is 11.4. The zero-order valence-electron chi connectivity index (χ0n) is 12.9. The zero-order chi connectivity index (χ0) is 16.3. The maximum Gasteiger partial charge on any atom is 0.336 e. The Morgan fingerprint density at radius 3 is 2.59 bits per heavy atom. The zero-order valence-corrected chi connectivity index (χ0v) is 13.7. The van der Waals surface area contributed by atoms with Crippen LogP contribution in [0.1, 0.15) is 39.5 Å². The van der Waals surface area contributed by atoms with Gasteiger partial charge in [-0.1, -0.05) is 36.7 Å². The number of ether oxygens (including phenoxy) is 1. The first kappa shape index (κ1) is 16.4. The molecule has 0 heterocycles. The molecule has 0 saturated heterocycles. The first-order valence-corrected chi connectivity index (χ1v) is 7.55. The summed E-state index contributed by atoms with van der Waals surface area (Å²) in [6, 6.07) is 9.04. The molecular formula is C18H19ClO3. The molecule has 2 rings (SSSR count). The highest BCUT2D eigenvalue weighted by Gasteiger charge is 2.14. The van der Waals surface area contributed by atoms with Crippen LogP contribution in [0, 0.1) is 13.8 Å². The Bertz CT molecular complexity index is 708. The average molecular weight is 319 g/mol. The highest BCUT2D eigenvalue weighted by atomic mass is 35.5. The van der Waals surface area contributed by atoms with E-state index in [1.54, 1.807) is 18.2 Å². The normalized spacial score (nSPS) is 10.5. The highest BCUT2D eigenvalue weighted by Crippen LogP contribution is 2.28. The van der Waals surface area contributed by atoms with E-state index in [0.717, 1.165) is 23.1 Å². The molecule has 0 amide bonds. The molecule has 0 fully saturated rings. The van der Waals surface area contributed by atoms with Gasteiger partial charge in [0.25, 0.3) is 0 Å². The van der Waals surface area contributed by atoms with Gasteiger partial charge in [-0.3, -0.25) is 0 Å². The number of benzene rings is 2. The van der Waals surface area contributed by atoms with Crippen LogP contribution < -0.4 is 4.74 Å². The van der Waals surface area contributed by atoms with Crippen molar-refractivity contribution in [2.45, 2.75) is 33.8 Å². The number of aryl methyl sites for hydroxylation is 3. The van der Waals surface area contributed by atoms with Crippen molar-refractivity contribution >= 4 is 17.6 Å². The summed E-state index contributed by atoms with van der Waals surface area (Å²) in [5, 5.41) is 9.98. The molecule has 0 aliphatic rings. The Kier molecular flexibility index (Phi) is 5.09. The van der Waals surface area contributed by atoms with Gasteiger partial charge >= 0.3 is 5.97 Å². The van der Waals surface area contributed by atoms with Crippen LogP contribution in [0.5, 0.6) is 5.75 Å². The summed E-state index contributed by atoms with van der Waals surface area (Å²) in [6.45, 7) is 6.10. The molecule has 0 unspecified atom stereocenters. The molecule has 2 aromatic rings. The van der Waals surface area contributed by atoms with Crippen molar-refractivity contribution < 1.29 is 14.6 Å². The Hall–Kier alpha value is -2.00. The lowest BCUT2D eigenvalue weighted by Gasteiger charge is -2.15. The molecule has 0 aromatic heterocycles. The fraction of sp³-hybridized carbons (Fsp3) is 0.278. The van der Waals surface area contributed by atoms with E-state index in [1.165, 1.54) is 0 Å². The predicted molar refractivity (Wildman–Crippen MR) is 88.0 cm³/mol.